The van der Waals surface area contributed by atoms with Gasteiger partial charge in [-0.1, -0.05) is 30.3 Å². The molecule has 0 amide bonds. The highest BCUT2D eigenvalue weighted by Crippen LogP contribution is 2.40. The summed E-state index contributed by atoms with van der Waals surface area (Å²) in [5.74, 6) is -0.701. The van der Waals surface area contributed by atoms with E-state index in [2.05, 4.69) is 0 Å². The second-order valence-corrected chi connectivity index (χ2v) is 6.29. The molecular weight excluding hydrogens is 300 g/mol. The summed E-state index contributed by atoms with van der Waals surface area (Å²) in [4.78, 5) is 0. The second kappa shape index (κ2) is 6.84. The molecule has 0 aromatic heterocycles. The fourth-order valence-electron chi connectivity index (χ4n) is 3.11. The molecule has 0 saturated carbocycles. The number of benzene rings is 1. The predicted octanol–water partition coefficient (Wildman–Crippen LogP) is 1.46. The van der Waals surface area contributed by atoms with Gasteiger partial charge in [-0.25, -0.2) is 0 Å². The van der Waals surface area contributed by atoms with Gasteiger partial charge in [-0.05, 0) is 19.4 Å². The van der Waals surface area contributed by atoms with E-state index in [1.165, 1.54) is 0 Å². The molecule has 6 heteroatoms. The van der Waals surface area contributed by atoms with Crippen LogP contribution in [-0.4, -0.2) is 55.3 Å². The first-order valence-electron chi connectivity index (χ1n) is 7.84. The second-order valence-electron chi connectivity index (χ2n) is 6.29. The molecule has 2 aliphatic heterocycles. The fraction of sp³-hybridized carbons (Fsp3) is 0.647. The van der Waals surface area contributed by atoms with E-state index >= 15 is 0 Å². The molecule has 1 N–H and O–H groups in total. The molecule has 1 aromatic carbocycles. The van der Waals surface area contributed by atoms with Crippen LogP contribution in [0.1, 0.15) is 19.4 Å². The third-order valence-electron chi connectivity index (χ3n) is 4.13. The number of fused-ring (bicyclic) bond motifs is 1. The van der Waals surface area contributed by atoms with Crippen molar-refractivity contribution >= 4 is 0 Å². The van der Waals surface area contributed by atoms with Gasteiger partial charge in [-0.15, -0.1) is 0 Å². The van der Waals surface area contributed by atoms with E-state index in [0.717, 1.165) is 5.56 Å². The highest BCUT2D eigenvalue weighted by Gasteiger charge is 2.57. The summed E-state index contributed by atoms with van der Waals surface area (Å²) >= 11 is 0. The Morgan fingerprint density at radius 3 is 2.52 bits per heavy atom. The van der Waals surface area contributed by atoms with Crippen LogP contribution in [0.15, 0.2) is 30.3 Å². The molecular formula is C17H24O6. The first kappa shape index (κ1) is 16.8. The maximum Gasteiger partial charge on any atom is 0.186 e. The molecule has 2 heterocycles. The van der Waals surface area contributed by atoms with Crippen LogP contribution in [0, 0.1) is 0 Å². The van der Waals surface area contributed by atoms with E-state index in [-0.39, 0.29) is 18.8 Å². The molecule has 1 aromatic rings. The van der Waals surface area contributed by atoms with E-state index in [4.69, 9.17) is 23.7 Å². The van der Waals surface area contributed by atoms with Crippen molar-refractivity contribution in [3.05, 3.63) is 35.9 Å². The summed E-state index contributed by atoms with van der Waals surface area (Å²) in [7, 11) is 1.57. The summed E-state index contributed by atoms with van der Waals surface area (Å²) < 4.78 is 28.8. The van der Waals surface area contributed by atoms with Crippen molar-refractivity contribution in [2.24, 2.45) is 0 Å². The van der Waals surface area contributed by atoms with Gasteiger partial charge in [-0.2, -0.15) is 0 Å². The Kier molecular flexibility index (Phi) is 5.01. The Bertz CT molecular complexity index is 505. The fourth-order valence-corrected chi connectivity index (χ4v) is 3.11. The third kappa shape index (κ3) is 3.57. The zero-order valence-corrected chi connectivity index (χ0v) is 13.7. The lowest BCUT2D eigenvalue weighted by atomic mass is 10.1. The van der Waals surface area contributed by atoms with Crippen LogP contribution in [0.25, 0.3) is 0 Å². The van der Waals surface area contributed by atoms with E-state index in [9.17, 15) is 5.11 Å². The quantitative estimate of drug-likeness (QED) is 0.854. The normalized spacial score (nSPS) is 33.6. The standard InChI is InChI=1S/C17H24O6/c1-17(2)22-14-13(21-16(19-3)15(14)23-17)12(9-18)20-10-11-7-5-4-6-8-11/h4-8,12-16,18H,9-10H2,1-3H3/t12-,13-,14+,15+,16+/m1/s1. The average Bonchev–Trinajstić information content (AvgIpc) is 3.02. The van der Waals surface area contributed by atoms with E-state index < -0.39 is 24.3 Å². The number of methoxy groups -OCH3 is 1. The molecule has 3 rings (SSSR count). The number of rotatable bonds is 6. The van der Waals surface area contributed by atoms with E-state index in [1.807, 2.05) is 44.2 Å². The Morgan fingerprint density at radius 1 is 1.17 bits per heavy atom. The van der Waals surface area contributed by atoms with Crippen LogP contribution in [0.5, 0.6) is 0 Å². The first-order chi connectivity index (χ1) is 11.0. The van der Waals surface area contributed by atoms with Crippen LogP contribution in [0.2, 0.25) is 0 Å². The molecule has 6 nitrogen and oxygen atoms in total. The van der Waals surface area contributed by atoms with Crippen molar-refractivity contribution < 1.29 is 28.8 Å². The lowest BCUT2D eigenvalue weighted by Crippen LogP contribution is -2.42. The van der Waals surface area contributed by atoms with Gasteiger partial charge in [0.15, 0.2) is 12.1 Å². The minimum Gasteiger partial charge on any atom is -0.394 e. The van der Waals surface area contributed by atoms with Crippen molar-refractivity contribution in [3.63, 3.8) is 0 Å². The highest BCUT2D eigenvalue weighted by atomic mass is 16.8. The molecule has 2 saturated heterocycles. The molecule has 2 aliphatic rings. The number of ether oxygens (including phenoxy) is 5. The van der Waals surface area contributed by atoms with Crippen molar-refractivity contribution in [1.29, 1.82) is 0 Å². The molecule has 0 spiro atoms. The zero-order valence-electron chi connectivity index (χ0n) is 13.7. The minimum atomic E-state index is -0.701. The van der Waals surface area contributed by atoms with E-state index in [1.54, 1.807) is 7.11 Å². The SMILES string of the molecule is CO[C@H]1O[C@H]([C@@H](CO)OCc2ccccc2)[C@@H]2OC(C)(C)O[C@H]12. The Morgan fingerprint density at radius 2 is 1.87 bits per heavy atom. The van der Waals surface area contributed by atoms with Gasteiger partial charge in [0.1, 0.15) is 24.4 Å². The predicted molar refractivity (Wildman–Crippen MR) is 81.6 cm³/mol. The Hall–Kier alpha value is -1.02. The van der Waals surface area contributed by atoms with Gasteiger partial charge in [0.05, 0.1) is 13.2 Å². The van der Waals surface area contributed by atoms with Crippen LogP contribution in [-0.2, 0) is 30.3 Å². The van der Waals surface area contributed by atoms with Crippen LogP contribution >= 0.6 is 0 Å². The summed E-state index contributed by atoms with van der Waals surface area (Å²) in [6, 6.07) is 9.80. The van der Waals surface area contributed by atoms with Crippen molar-refractivity contribution in [3.8, 4) is 0 Å². The number of hydrogen-bond donors (Lipinski definition) is 1. The lowest BCUT2D eigenvalue weighted by Gasteiger charge is -2.27. The first-order valence-corrected chi connectivity index (χ1v) is 7.84. The van der Waals surface area contributed by atoms with Crippen molar-refractivity contribution in [1.82, 2.24) is 0 Å². The van der Waals surface area contributed by atoms with Gasteiger partial charge in [-0.3, -0.25) is 0 Å². The minimum absolute atomic E-state index is 0.166. The Labute approximate surface area is 136 Å². The highest BCUT2D eigenvalue weighted by molar-refractivity contribution is 5.13. The molecule has 2 fully saturated rings. The van der Waals surface area contributed by atoms with Crippen LogP contribution in [0.4, 0.5) is 0 Å². The van der Waals surface area contributed by atoms with Gasteiger partial charge in [0, 0.05) is 7.11 Å². The maximum atomic E-state index is 9.73. The number of aliphatic hydroxyl groups is 1. The largest absolute Gasteiger partial charge is 0.394 e. The number of hydrogen-bond acceptors (Lipinski definition) is 6. The zero-order chi connectivity index (χ0) is 16.4. The van der Waals surface area contributed by atoms with Gasteiger partial charge < -0.3 is 28.8 Å². The van der Waals surface area contributed by atoms with Crippen molar-refractivity contribution in [2.45, 2.75) is 56.9 Å². The molecule has 0 radical (unpaired) electrons. The summed E-state index contributed by atoms with van der Waals surface area (Å²) in [6.45, 7) is 3.94. The molecule has 0 aliphatic carbocycles. The maximum absolute atomic E-state index is 9.73. The average molecular weight is 324 g/mol. The topological polar surface area (TPSA) is 66.4 Å². The van der Waals surface area contributed by atoms with Crippen molar-refractivity contribution in [2.75, 3.05) is 13.7 Å². The monoisotopic (exact) mass is 324 g/mol. The van der Waals surface area contributed by atoms with Gasteiger partial charge in [0.25, 0.3) is 0 Å². The molecule has 0 bridgehead atoms. The Balaban J connectivity index is 1.68. The smallest absolute Gasteiger partial charge is 0.186 e. The summed E-state index contributed by atoms with van der Waals surface area (Å²) in [5, 5.41) is 9.73. The summed E-state index contributed by atoms with van der Waals surface area (Å²) in [5.41, 5.74) is 1.03. The molecule has 23 heavy (non-hydrogen) atoms. The van der Waals surface area contributed by atoms with Crippen LogP contribution < -0.4 is 0 Å². The van der Waals surface area contributed by atoms with Gasteiger partial charge in [0.2, 0.25) is 0 Å². The van der Waals surface area contributed by atoms with Gasteiger partial charge >= 0.3 is 0 Å². The lowest BCUT2D eigenvalue weighted by molar-refractivity contribution is -0.242. The third-order valence-corrected chi connectivity index (χ3v) is 4.13. The number of aliphatic hydroxyl groups excluding tert-OH is 1. The van der Waals surface area contributed by atoms with Crippen LogP contribution in [0.3, 0.4) is 0 Å². The molecule has 5 atom stereocenters. The summed E-state index contributed by atoms with van der Waals surface area (Å²) in [6.07, 6.45) is -2.14. The molecule has 128 valence electrons. The van der Waals surface area contributed by atoms with E-state index in [0.29, 0.717) is 6.61 Å². The molecule has 0 unspecified atom stereocenters.